The second kappa shape index (κ2) is 3.90. The molecule has 0 fully saturated rings. The molecule has 0 radical (unpaired) electrons. The minimum absolute atomic E-state index is 0.0454. The Morgan fingerprint density at radius 2 is 2.50 bits per heavy atom. The van der Waals surface area contributed by atoms with Crippen LogP contribution in [0.3, 0.4) is 0 Å². The highest BCUT2D eigenvalue weighted by molar-refractivity contribution is 5.75. The molecule has 0 bridgehead atoms. The SMILES string of the molecule is CCC(=O)NCc1ncc(C)[nH]1. The zero-order valence-corrected chi connectivity index (χ0v) is 7.35. The van der Waals surface area contributed by atoms with E-state index in [9.17, 15) is 4.79 Å². The Morgan fingerprint density at radius 3 is 3.00 bits per heavy atom. The topological polar surface area (TPSA) is 57.8 Å². The van der Waals surface area contributed by atoms with Crippen LogP contribution in [0.5, 0.6) is 0 Å². The Labute approximate surface area is 71.4 Å². The summed E-state index contributed by atoms with van der Waals surface area (Å²) in [6.45, 7) is 4.24. The second-order valence-corrected chi connectivity index (χ2v) is 2.64. The van der Waals surface area contributed by atoms with Gasteiger partial charge in [-0.1, -0.05) is 6.92 Å². The van der Waals surface area contributed by atoms with Gasteiger partial charge in [-0.15, -0.1) is 0 Å². The summed E-state index contributed by atoms with van der Waals surface area (Å²) in [5.41, 5.74) is 1.01. The Bertz CT molecular complexity index is 267. The number of imidazole rings is 1. The van der Waals surface area contributed by atoms with Gasteiger partial charge < -0.3 is 10.3 Å². The minimum Gasteiger partial charge on any atom is -0.349 e. The van der Waals surface area contributed by atoms with Crippen LogP contribution in [0, 0.1) is 6.92 Å². The van der Waals surface area contributed by atoms with E-state index in [0.29, 0.717) is 13.0 Å². The van der Waals surface area contributed by atoms with Crippen molar-refractivity contribution in [1.82, 2.24) is 15.3 Å². The van der Waals surface area contributed by atoms with Crippen LogP contribution in [-0.4, -0.2) is 15.9 Å². The lowest BCUT2D eigenvalue weighted by Crippen LogP contribution is -2.22. The van der Waals surface area contributed by atoms with Crippen molar-refractivity contribution >= 4 is 5.91 Å². The maximum atomic E-state index is 10.8. The third kappa shape index (κ3) is 2.38. The Kier molecular flexibility index (Phi) is 2.85. The number of amides is 1. The zero-order chi connectivity index (χ0) is 8.97. The Hall–Kier alpha value is -1.32. The number of nitrogens with one attached hydrogen (secondary N) is 2. The molecule has 66 valence electrons. The maximum Gasteiger partial charge on any atom is 0.220 e. The smallest absolute Gasteiger partial charge is 0.220 e. The zero-order valence-electron chi connectivity index (χ0n) is 7.35. The summed E-state index contributed by atoms with van der Waals surface area (Å²) in [5, 5.41) is 2.73. The molecule has 1 rings (SSSR count). The van der Waals surface area contributed by atoms with Crippen molar-refractivity contribution < 1.29 is 4.79 Å². The van der Waals surface area contributed by atoms with Crippen molar-refractivity contribution in [2.75, 3.05) is 0 Å². The highest BCUT2D eigenvalue weighted by Gasteiger charge is 1.99. The average molecular weight is 167 g/mol. The number of carbonyl (C=O) groups excluding carboxylic acids is 1. The molecule has 4 heteroatoms. The van der Waals surface area contributed by atoms with Crippen LogP contribution < -0.4 is 5.32 Å². The van der Waals surface area contributed by atoms with Gasteiger partial charge in [-0.25, -0.2) is 4.98 Å². The molecular weight excluding hydrogens is 154 g/mol. The van der Waals surface area contributed by atoms with Gasteiger partial charge in [0.05, 0.1) is 6.54 Å². The van der Waals surface area contributed by atoms with Gasteiger partial charge in [-0.2, -0.15) is 0 Å². The predicted octanol–water partition coefficient (Wildman–Crippen LogP) is 0.744. The molecule has 4 nitrogen and oxygen atoms in total. The third-order valence-corrected chi connectivity index (χ3v) is 1.53. The summed E-state index contributed by atoms with van der Waals surface area (Å²) in [6.07, 6.45) is 2.26. The minimum atomic E-state index is 0.0454. The van der Waals surface area contributed by atoms with Gasteiger partial charge in [0.1, 0.15) is 5.82 Å². The van der Waals surface area contributed by atoms with E-state index in [1.54, 1.807) is 6.20 Å². The summed E-state index contributed by atoms with van der Waals surface area (Å²) in [6, 6.07) is 0. The van der Waals surface area contributed by atoms with Gasteiger partial charge >= 0.3 is 0 Å². The fourth-order valence-corrected chi connectivity index (χ4v) is 0.864. The monoisotopic (exact) mass is 167 g/mol. The van der Waals surface area contributed by atoms with E-state index in [4.69, 9.17) is 0 Å². The van der Waals surface area contributed by atoms with E-state index in [0.717, 1.165) is 11.5 Å². The summed E-state index contributed by atoms with van der Waals surface area (Å²) < 4.78 is 0. The molecule has 0 aliphatic carbocycles. The van der Waals surface area contributed by atoms with Crippen LogP contribution >= 0.6 is 0 Å². The quantitative estimate of drug-likeness (QED) is 0.697. The predicted molar refractivity (Wildman–Crippen MR) is 45.5 cm³/mol. The molecule has 0 unspecified atom stereocenters. The van der Waals surface area contributed by atoms with Crippen LogP contribution in [-0.2, 0) is 11.3 Å². The number of hydrogen-bond donors (Lipinski definition) is 2. The summed E-state index contributed by atoms with van der Waals surface area (Å²) in [4.78, 5) is 17.9. The van der Waals surface area contributed by atoms with Crippen molar-refractivity contribution in [1.29, 1.82) is 0 Å². The number of hydrogen-bond acceptors (Lipinski definition) is 2. The molecule has 0 saturated carbocycles. The van der Waals surface area contributed by atoms with Crippen molar-refractivity contribution in [3.05, 3.63) is 17.7 Å². The first-order valence-electron chi connectivity index (χ1n) is 3.99. The molecule has 1 aromatic rings. The normalized spacial score (nSPS) is 9.83. The van der Waals surface area contributed by atoms with Gasteiger partial charge in [0.2, 0.25) is 5.91 Å². The standard InChI is InChI=1S/C8H13N3O/c1-3-8(12)10-5-7-9-4-6(2)11-7/h4H,3,5H2,1-2H3,(H,9,11)(H,10,12). The van der Waals surface area contributed by atoms with E-state index in [2.05, 4.69) is 15.3 Å². The highest BCUT2D eigenvalue weighted by atomic mass is 16.1. The van der Waals surface area contributed by atoms with E-state index >= 15 is 0 Å². The number of rotatable bonds is 3. The number of carbonyl (C=O) groups is 1. The molecule has 1 aromatic heterocycles. The lowest BCUT2D eigenvalue weighted by Gasteiger charge is -1.98. The first-order valence-corrected chi connectivity index (χ1v) is 3.99. The molecule has 12 heavy (non-hydrogen) atoms. The summed E-state index contributed by atoms with van der Waals surface area (Å²) >= 11 is 0. The highest BCUT2D eigenvalue weighted by Crippen LogP contribution is 1.93. The lowest BCUT2D eigenvalue weighted by molar-refractivity contribution is -0.120. The molecule has 0 aliphatic rings. The van der Waals surface area contributed by atoms with Gasteiger partial charge in [0, 0.05) is 18.3 Å². The molecule has 1 amide bonds. The number of aromatic nitrogens is 2. The van der Waals surface area contributed by atoms with E-state index < -0.39 is 0 Å². The van der Waals surface area contributed by atoms with E-state index in [-0.39, 0.29) is 5.91 Å². The fourth-order valence-electron chi connectivity index (χ4n) is 0.864. The van der Waals surface area contributed by atoms with Crippen molar-refractivity contribution in [3.8, 4) is 0 Å². The van der Waals surface area contributed by atoms with E-state index in [1.807, 2.05) is 13.8 Å². The Balaban J connectivity index is 2.38. The molecule has 0 spiro atoms. The molecule has 0 saturated heterocycles. The van der Waals surface area contributed by atoms with Crippen LogP contribution in [0.4, 0.5) is 0 Å². The van der Waals surface area contributed by atoms with Crippen LogP contribution in [0.15, 0.2) is 6.20 Å². The summed E-state index contributed by atoms with van der Waals surface area (Å²) in [5.74, 6) is 0.846. The van der Waals surface area contributed by atoms with Crippen molar-refractivity contribution in [2.24, 2.45) is 0 Å². The third-order valence-electron chi connectivity index (χ3n) is 1.53. The summed E-state index contributed by atoms with van der Waals surface area (Å²) in [7, 11) is 0. The van der Waals surface area contributed by atoms with Crippen LogP contribution in [0.1, 0.15) is 24.9 Å². The van der Waals surface area contributed by atoms with Gasteiger partial charge in [0.15, 0.2) is 0 Å². The average Bonchev–Trinajstić information content (AvgIpc) is 2.47. The van der Waals surface area contributed by atoms with Crippen molar-refractivity contribution in [3.63, 3.8) is 0 Å². The number of H-pyrrole nitrogens is 1. The molecular formula is C8H13N3O. The first kappa shape index (κ1) is 8.77. The molecule has 0 atom stereocenters. The first-order chi connectivity index (χ1) is 5.72. The molecule has 0 aromatic carbocycles. The molecule has 2 N–H and O–H groups in total. The van der Waals surface area contributed by atoms with Gasteiger partial charge in [-0.3, -0.25) is 4.79 Å². The fraction of sp³-hybridized carbons (Fsp3) is 0.500. The van der Waals surface area contributed by atoms with Crippen LogP contribution in [0.25, 0.3) is 0 Å². The van der Waals surface area contributed by atoms with Crippen molar-refractivity contribution in [2.45, 2.75) is 26.8 Å². The van der Waals surface area contributed by atoms with E-state index in [1.165, 1.54) is 0 Å². The largest absolute Gasteiger partial charge is 0.349 e. The molecule has 1 heterocycles. The van der Waals surface area contributed by atoms with Gasteiger partial charge in [0.25, 0.3) is 0 Å². The van der Waals surface area contributed by atoms with Gasteiger partial charge in [-0.05, 0) is 6.92 Å². The number of aromatic amines is 1. The Morgan fingerprint density at radius 1 is 1.75 bits per heavy atom. The lowest BCUT2D eigenvalue weighted by atomic mass is 10.4. The maximum absolute atomic E-state index is 10.8. The van der Waals surface area contributed by atoms with Crippen LogP contribution in [0.2, 0.25) is 0 Å². The second-order valence-electron chi connectivity index (χ2n) is 2.64. The number of nitrogens with zero attached hydrogens (tertiary/aromatic N) is 1. The molecule has 0 aliphatic heterocycles. The number of aryl methyl sites for hydroxylation is 1.